The summed E-state index contributed by atoms with van der Waals surface area (Å²) in [6, 6.07) is 10.6. The number of benzene rings is 1. The zero-order chi connectivity index (χ0) is 15.2. The normalized spacial score (nSPS) is 9.38. The fourth-order valence-corrected chi connectivity index (χ4v) is 2.70. The minimum absolute atomic E-state index is 0.268. The molecule has 4 nitrogen and oxygen atoms in total. The van der Waals surface area contributed by atoms with Crippen LogP contribution in [0, 0.1) is 23.2 Å². The van der Waals surface area contributed by atoms with Crippen molar-refractivity contribution in [2.24, 2.45) is 5.73 Å². The van der Waals surface area contributed by atoms with Crippen LogP contribution in [0.3, 0.4) is 0 Å². The molecule has 1 aromatic carbocycles. The molecule has 0 saturated carbocycles. The van der Waals surface area contributed by atoms with Gasteiger partial charge in [0.15, 0.2) is 0 Å². The van der Waals surface area contributed by atoms with E-state index in [4.69, 9.17) is 11.0 Å². The van der Waals surface area contributed by atoms with E-state index in [0.29, 0.717) is 16.1 Å². The zero-order valence-corrected chi connectivity index (χ0v) is 13.2. The van der Waals surface area contributed by atoms with E-state index < -0.39 is 0 Å². The van der Waals surface area contributed by atoms with Crippen LogP contribution in [0.15, 0.2) is 34.8 Å². The number of nitrogens with two attached hydrogens (primary N) is 1. The molecule has 21 heavy (non-hydrogen) atoms. The minimum Gasteiger partial charge on any atom is -0.320 e. The molecule has 0 unspecified atom stereocenters. The summed E-state index contributed by atoms with van der Waals surface area (Å²) in [4.78, 5) is 13.5. The Morgan fingerprint density at radius 1 is 1.38 bits per heavy atom. The Morgan fingerprint density at radius 3 is 2.90 bits per heavy atom. The summed E-state index contributed by atoms with van der Waals surface area (Å²) >= 11 is 4.60. The number of carbonyl (C=O) groups excluding carboxylic acids is 1. The van der Waals surface area contributed by atoms with E-state index in [0.717, 1.165) is 9.35 Å². The number of nitriles is 1. The maximum absolute atomic E-state index is 12.2. The molecule has 1 heterocycles. The van der Waals surface area contributed by atoms with Crippen molar-refractivity contribution in [3.8, 4) is 17.9 Å². The van der Waals surface area contributed by atoms with Gasteiger partial charge in [0.2, 0.25) is 0 Å². The molecule has 2 aromatic rings. The Morgan fingerprint density at radius 2 is 2.19 bits per heavy atom. The maximum atomic E-state index is 12.2. The predicted octanol–water partition coefficient (Wildman–Crippen LogP) is 2.94. The van der Waals surface area contributed by atoms with Crippen LogP contribution < -0.4 is 11.1 Å². The van der Waals surface area contributed by atoms with Gasteiger partial charge in [0.25, 0.3) is 5.91 Å². The molecule has 3 N–H and O–H groups in total. The third-order valence-corrected chi connectivity index (χ3v) is 3.99. The molecule has 104 valence electrons. The lowest BCUT2D eigenvalue weighted by molar-refractivity contribution is 0.103. The third kappa shape index (κ3) is 3.93. The van der Waals surface area contributed by atoms with Gasteiger partial charge in [0, 0.05) is 4.47 Å². The molecule has 0 aliphatic rings. The van der Waals surface area contributed by atoms with Gasteiger partial charge in [-0.25, -0.2) is 0 Å². The van der Waals surface area contributed by atoms with E-state index in [9.17, 15) is 4.79 Å². The van der Waals surface area contributed by atoms with Crippen molar-refractivity contribution in [3.05, 3.63) is 50.1 Å². The number of anilines is 1. The molecule has 0 aliphatic heterocycles. The first-order valence-corrected chi connectivity index (χ1v) is 7.54. The smallest absolute Gasteiger partial charge is 0.265 e. The standard InChI is InChI=1S/C15H10BrN3OS/c16-11-4-3-10(9-18)13(8-11)19-15(20)14-6-5-12(21-14)2-1-7-17/h3-6,8H,7,17H2,(H,19,20). The number of nitrogens with one attached hydrogen (secondary N) is 1. The molecule has 0 bridgehead atoms. The van der Waals surface area contributed by atoms with E-state index in [-0.39, 0.29) is 12.5 Å². The fraction of sp³-hybridized carbons (Fsp3) is 0.0667. The monoisotopic (exact) mass is 359 g/mol. The Labute approximate surface area is 134 Å². The summed E-state index contributed by atoms with van der Waals surface area (Å²) in [5.74, 6) is 5.35. The fourth-order valence-electron chi connectivity index (χ4n) is 1.57. The van der Waals surface area contributed by atoms with Crippen LogP contribution in [-0.4, -0.2) is 12.5 Å². The molecule has 0 atom stereocenters. The first kappa shape index (κ1) is 15.3. The first-order valence-electron chi connectivity index (χ1n) is 5.94. The minimum atomic E-state index is -0.268. The van der Waals surface area contributed by atoms with Gasteiger partial charge in [-0.3, -0.25) is 4.79 Å². The molecular weight excluding hydrogens is 350 g/mol. The number of rotatable bonds is 2. The van der Waals surface area contributed by atoms with Gasteiger partial charge in [0.1, 0.15) is 6.07 Å². The molecular formula is C15H10BrN3OS. The van der Waals surface area contributed by atoms with Crippen LogP contribution >= 0.6 is 27.3 Å². The second kappa shape index (κ2) is 7.05. The van der Waals surface area contributed by atoms with Crippen molar-refractivity contribution in [3.63, 3.8) is 0 Å². The number of hydrogen-bond acceptors (Lipinski definition) is 4. The molecule has 1 aromatic heterocycles. The van der Waals surface area contributed by atoms with Crippen molar-refractivity contribution < 1.29 is 4.79 Å². The van der Waals surface area contributed by atoms with Crippen LogP contribution in [0.25, 0.3) is 0 Å². The van der Waals surface area contributed by atoms with E-state index >= 15 is 0 Å². The molecule has 2 rings (SSSR count). The molecule has 0 aliphatic carbocycles. The molecule has 0 saturated heterocycles. The predicted molar refractivity (Wildman–Crippen MR) is 87.1 cm³/mol. The molecule has 0 fully saturated rings. The highest BCUT2D eigenvalue weighted by Crippen LogP contribution is 2.23. The lowest BCUT2D eigenvalue weighted by Gasteiger charge is -2.06. The second-order valence-electron chi connectivity index (χ2n) is 3.93. The summed E-state index contributed by atoms with van der Waals surface area (Å²) in [5, 5.41) is 11.8. The molecule has 0 radical (unpaired) electrons. The second-order valence-corrected chi connectivity index (χ2v) is 5.93. The lowest BCUT2D eigenvalue weighted by atomic mass is 10.2. The number of hydrogen-bond donors (Lipinski definition) is 2. The van der Waals surface area contributed by atoms with E-state index in [1.165, 1.54) is 11.3 Å². The van der Waals surface area contributed by atoms with Gasteiger partial charge >= 0.3 is 0 Å². The van der Waals surface area contributed by atoms with Crippen molar-refractivity contribution >= 4 is 38.9 Å². The Kier molecular flexibility index (Phi) is 5.13. The first-order chi connectivity index (χ1) is 10.1. The van der Waals surface area contributed by atoms with Gasteiger partial charge in [-0.2, -0.15) is 5.26 Å². The van der Waals surface area contributed by atoms with E-state index in [2.05, 4.69) is 33.1 Å². The van der Waals surface area contributed by atoms with Crippen molar-refractivity contribution in [2.75, 3.05) is 11.9 Å². The highest BCUT2D eigenvalue weighted by molar-refractivity contribution is 9.10. The summed E-state index contributed by atoms with van der Waals surface area (Å²) in [7, 11) is 0. The van der Waals surface area contributed by atoms with Crippen LogP contribution in [0.5, 0.6) is 0 Å². The highest BCUT2D eigenvalue weighted by atomic mass is 79.9. The van der Waals surface area contributed by atoms with E-state index in [1.807, 2.05) is 6.07 Å². The average Bonchev–Trinajstić information content (AvgIpc) is 2.94. The quantitative estimate of drug-likeness (QED) is 0.809. The summed E-state index contributed by atoms with van der Waals surface area (Å²) in [6.45, 7) is 0.281. The summed E-state index contributed by atoms with van der Waals surface area (Å²) in [5.41, 5.74) is 6.19. The van der Waals surface area contributed by atoms with Crippen molar-refractivity contribution in [2.45, 2.75) is 0 Å². The van der Waals surface area contributed by atoms with Crippen LogP contribution in [-0.2, 0) is 0 Å². The largest absolute Gasteiger partial charge is 0.320 e. The van der Waals surface area contributed by atoms with Crippen LogP contribution in [0.2, 0.25) is 0 Å². The number of halogens is 1. The third-order valence-electron chi connectivity index (χ3n) is 2.49. The van der Waals surface area contributed by atoms with Gasteiger partial charge in [0.05, 0.1) is 27.5 Å². The van der Waals surface area contributed by atoms with Crippen molar-refractivity contribution in [1.82, 2.24) is 0 Å². The Hall–Kier alpha value is -2.12. The molecule has 1 amide bonds. The number of thiophene rings is 1. The summed E-state index contributed by atoms with van der Waals surface area (Å²) in [6.07, 6.45) is 0. The van der Waals surface area contributed by atoms with Gasteiger partial charge < -0.3 is 11.1 Å². The van der Waals surface area contributed by atoms with Gasteiger partial charge in [-0.15, -0.1) is 11.3 Å². The highest BCUT2D eigenvalue weighted by Gasteiger charge is 2.11. The SMILES string of the molecule is N#Cc1ccc(Br)cc1NC(=O)c1ccc(C#CCN)s1. The van der Waals surface area contributed by atoms with Crippen LogP contribution in [0.1, 0.15) is 20.1 Å². The average molecular weight is 360 g/mol. The molecule has 0 spiro atoms. The Bertz CT molecular complexity index is 780. The van der Waals surface area contributed by atoms with Gasteiger partial charge in [-0.1, -0.05) is 27.8 Å². The Balaban J connectivity index is 2.20. The number of nitrogens with zero attached hydrogens (tertiary/aromatic N) is 1. The topological polar surface area (TPSA) is 78.9 Å². The molecule has 6 heteroatoms. The lowest BCUT2D eigenvalue weighted by Crippen LogP contribution is -2.11. The number of carbonyl (C=O) groups is 1. The van der Waals surface area contributed by atoms with E-state index in [1.54, 1.807) is 30.3 Å². The van der Waals surface area contributed by atoms with Gasteiger partial charge in [-0.05, 0) is 30.3 Å². The summed E-state index contributed by atoms with van der Waals surface area (Å²) < 4.78 is 0.789. The van der Waals surface area contributed by atoms with Crippen molar-refractivity contribution in [1.29, 1.82) is 5.26 Å². The zero-order valence-electron chi connectivity index (χ0n) is 10.8. The van der Waals surface area contributed by atoms with Crippen LogP contribution in [0.4, 0.5) is 5.69 Å². The number of amides is 1. The maximum Gasteiger partial charge on any atom is 0.265 e.